The lowest BCUT2D eigenvalue weighted by atomic mass is 10.2. The minimum absolute atomic E-state index is 0. The molecule has 0 aliphatic carbocycles. The number of carbonyl (C=O) groups is 1. The number of benzene rings is 1. The smallest absolute Gasteiger partial charge is 0.230 e. The third-order valence-electron chi connectivity index (χ3n) is 2.63. The second-order valence-electron chi connectivity index (χ2n) is 4.63. The zero-order chi connectivity index (χ0) is 13.4. The fourth-order valence-electron chi connectivity index (χ4n) is 1.49. The Morgan fingerprint density at radius 1 is 1.47 bits per heavy atom. The number of amides is 1. The van der Waals surface area contributed by atoms with Gasteiger partial charge in [-0.15, -0.1) is 24.2 Å². The second kappa shape index (κ2) is 10.1. The molecule has 5 heteroatoms. The van der Waals surface area contributed by atoms with Crippen LogP contribution in [0.25, 0.3) is 0 Å². The van der Waals surface area contributed by atoms with E-state index in [1.807, 2.05) is 13.0 Å². The quantitative estimate of drug-likeness (QED) is 0.813. The summed E-state index contributed by atoms with van der Waals surface area (Å²) in [6, 6.07) is 8.37. The molecular formula is C14H23ClN2OS. The van der Waals surface area contributed by atoms with Crippen LogP contribution in [0.3, 0.4) is 0 Å². The summed E-state index contributed by atoms with van der Waals surface area (Å²) in [6.07, 6.45) is 0. The first-order valence-electron chi connectivity index (χ1n) is 6.22. The monoisotopic (exact) mass is 302 g/mol. The molecule has 0 heterocycles. The van der Waals surface area contributed by atoms with E-state index < -0.39 is 0 Å². The van der Waals surface area contributed by atoms with Crippen molar-refractivity contribution in [1.82, 2.24) is 5.32 Å². The molecule has 3 N–H and O–H groups in total. The van der Waals surface area contributed by atoms with Crippen LogP contribution < -0.4 is 11.1 Å². The molecule has 0 aliphatic rings. The molecule has 0 aliphatic heterocycles. The molecule has 1 aromatic rings. The standard InChI is InChI=1S/C14H22N2OS.ClH/c1-11-4-3-5-13(6-11)9-18-10-14(17)16-8-12(2)7-15;/h3-6,12H,7-10,15H2,1-2H3,(H,16,17);1H. The van der Waals surface area contributed by atoms with Gasteiger partial charge in [0.2, 0.25) is 5.91 Å². The van der Waals surface area contributed by atoms with Crippen molar-refractivity contribution >= 4 is 30.1 Å². The molecular weight excluding hydrogens is 280 g/mol. The number of thioether (sulfide) groups is 1. The van der Waals surface area contributed by atoms with E-state index in [0.29, 0.717) is 24.8 Å². The molecule has 3 nitrogen and oxygen atoms in total. The fraction of sp³-hybridized carbons (Fsp3) is 0.500. The number of rotatable bonds is 7. The summed E-state index contributed by atoms with van der Waals surface area (Å²) in [4.78, 5) is 11.5. The maximum Gasteiger partial charge on any atom is 0.230 e. The van der Waals surface area contributed by atoms with Gasteiger partial charge in [0.25, 0.3) is 0 Å². The van der Waals surface area contributed by atoms with Gasteiger partial charge in [-0.2, -0.15) is 0 Å². The van der Waals surface area contributed by atoms with Crippen molar-refractivity contribution in [1.29, 1.82) is 0 Å². The highest BCUT2D eigenvalue weighted by molar-refractivity contribution is 7.99. The fourth-order valence-corrected chi connectivity index (χ4v) is 2.29. The molecule has 0 aromatic heterocycles. The van der Waals surface area contributed by atoms with Crippen molar-refractivity contribution < 1.29 is 4.79 Å². The average molecular weight is 303 g/mol. The summed E-state index contributed by atoms with van der Waals surface area (Å²) in [7, 11) is 0. The van der Waals surface area contributed by atoms with Crippen molar-refractivity contribution in [3.63, 3.8) is 0 Å². The third-order valence-corrected chi connectivity index (χ3v) is 3.64. The first kappa shape index (κ1) is 18.3. The minimum atomic E-state index is 0. The molecule has 0 saturated heterocycles. The number of halogens is 1. The van der Waals surface area contributed by atoms with Gasteiger partial charge in [-0.1, -0.05) is 36.8 Å². The first-order chi connectivity index (χ1) is 8.61. The molecule has 1 aromatic carbocycles. The van der Waals surface area contributed by atoms with Crippen LogP contribution in [-0.4, -0.2) is 24.7 Å². The van der Waals surface area contributed by atoms with E-state index in [1.54, 1.807) is 11.8 Å². The predicted octanol–water partition coefficient (Wildman–Crippen LogP) is 2.36. The number of hydrogen-bond acceptors (Lipinski definition) is 3. The zero-order valence-electron chi connectivity index (χ0n) is 11.5. The lowest BCUT2D eigenvalue weighted by Gasteiger charge is -2.09. The van der Waals surface area contributed by atoms with Gasteiger partial charge in [-0.25, -0.2) is 0 Å². The Morgan fingerprint density at radius 3 is 2.84 bits per heavy atom. The summed E-state index contributed by atoms with van der Waals surface area (Å²) in [5, 5.41) is 2.89. The number of hydrogen-bond donors (Lipinski definition) is 2. The highest BCUT2D eigenvalue weighted by atomic mass is 35.5. The summed E-state index contributed by atoms with van der Waals surface area (Å²) in [5.41, 5.74) is 8.02. The SMILES string of the molecule is Cc1cccc(CSCC(=O)NCC(C)CN)c1.Cl. The maximum absolute atomic E-state index is 11.5. The minimum Gasteiger partial charge on any atom is -0.355 e. The Morgan fingerprint density at radius 2 is 2.21 bits per heavy atom. The highest BCUT2D eigenvalue weighted by Gasteiger charge is 2.04. The van der Waals surface area contributed by atoms with Gasteiger partial charge >= 0.3 is 0 Å². The number of aryl methyl sites for hydroxylation is 1. The van der Waals surface area contributed by atoms with Crippen molar-refractivity contribution in [2.45, 2.75) is 19.6 Å². The van der Waals surface area contributed by atoms with Crippen molar-refractivity contribution in [2.24, 2.45) is 11.7 Å². The van der Waals surface area contributed by atoms with Crippen LogP contribution >= 0.6 is 24.2 Å². The molecule has 0 saturated carbocycles. The van der Waals surface area contributed by atoms with Gasteiger partial charge in [0.15, 0.2) is 0 Å². The maximum atomic E-state index is 11.5. The van der Waals surface area contributed by atoms with E-state index in [1.165, 1.54) is 11.1 Å². The predicted molar refractivity (Wildman–Crippen MR) is 85.8 cm³/mol. The van der Waals surface area contributed by atoms with E-state index >= 15 is 0 Å². The normalized spacial score (nSPS) is 11.5. The molecule has 19 heavy (non-hydrogen) atoms. The van der Waals surface area contributed by atoms with E-state index in [-0.39, 0.29) is 18.3 Å². The number of nitrogens with one attached hydrogen (secondary N) is 1. The van der Waals surface area contributed by atoms with Gasteiger partial charge in [0, 0.05) is 12.3 Å². The summed E-state index contributed by atoms with van der Waals surface area (Å²) in [6.45, 7) is 5.38. The van der Waals surface area contributed by atoms with Crippen LogP contribution in [0.4, 0.5) is 0 Å². The highest BCUT2D eigenvalue weighted by Crippen LogP contribution is 2.13. The van der Waals surface area contributed by atoms with Gasteiger partial charge in [-0.05, 0) is 24.9 Å². The van der Waals surface area contributed by atoms with E-state index in [4.69, 9.17) is 5.73 Å². The third kappa shape index (κ3) is 8.14. The van der Waals surface area contributed by atoms with Gasteiger partial charge in [-0.3, -0.25) is 4.79 Å². The Kier molecular flexibility index (Phi) is 9.74. The first-order valence-corrected chi connectivity index (χ1v) is 7.37. The number of nitrogens with two attached hydrogens (primary N) is 1. The molecule has 1 atom stereocenters. The lowest BCUT2D eigenvalue weighted by Crippen LogP contribution is -2.32. The Hall–Kier alpha value is -0.710. The second-order valence-corrected chi connectivity index (χ2v) is 5.61. The van der Waals surface area contributed by atoms with Crippen LogP contribution in [0.1, 0.15) is 18.1 Å². The van der Waals surface area contributed by atoms with Crippen LogP contribution in [0.15, 0.2) is 24.3 Å². The molecule has 108 valence electrons. The van der Waals surface area contributed by atoms with Crippen LogP contribution in [0.2, 0.25) is 0 Å². The lowest BCUT2D eigenvalue weighted by molar-refractivity contribution is -0.118. The molecule has 1 amide bonds. The molecule has 1 unspecified atom stereocenters. The van der Waals surface area contributed by atoms with E-state index in [2.05, 4.69) is 30.4 Å². The van der Waals surface area contributed by atoms with Crippen molar-refractivity contribution in [3.8, 4) is 0 Å². The number of carbonyl (C=O) groups excluding carboxylic acids is 1. The van der Waals surface area contributed by atoms with Crippen LogP contribution in [-0.2, 0) is 10.5 Å². The molecule has 1 rings (SSSR count). The molecule has 0 radical (unpaired) electrons. The average Bonchev–Trinajstić information content (AvgIpc) is 2.36. The van der Waals surface area contributed by atoms with Crippen molar-refractivity contribution in [2.75, 3.05) is 18.8 Å². The largest absolute Gasteiger partial charge is 0.355 e. The molecule has 0 bridgehead atoms. The molecule has 0 spiro atoms. The topological polar surface area (TPSA) is 55.1 Å². The van der Waals surface area contributed by atoms with Gasteiger partial charge in [0.05, 0.1) is 5.75 Å². The van der Waals surface area contributed by atoms with Crippen LogP contribution in [0.5, 0.6) is 0 Å². The molecule has 0 fully saturated rings. The summed E-state index contributed by atoms with van der Waals surface area (Å²) >= 11 is 1.64. The summed E-state index contributed by atoms with van der Waals surface area (Å²) in [5.74, 6) is 1.82. The van der Waals surface area contributed by atoms with E-state index in [9.17, 15) is 4.79 Å². The summed E-state index contributed by atoms with van der Waals surface area (Å²) < 4.78 is 0. The van der Waals surface area contributed by atoms with E-state index in [0.717, 1.165) is 5.75 Å². The Labute approximate surface area is 126 Å². The van der Waals surface area contributed by atoms with Crippen molar-refractivity contribution in [3.05, 3.63) is 35.4 Å². The van der Waals surface area contributed by atoms with Crippen LogP contribution in [0, 0.1) is 12.8 Å². The Balaban J connectivity index is 0.00000324. The van der Waals surface area contributed by atoms with Gasteiger partial charge in [0.1, 0.15) is 0 Å². The van der Waals surface area contributed by atoms with Gasteiger partial charge < -0.3 is 11.1 Å². The zero-order valence-corrected chi connectivity index (χ0v) is 13.2. The Bertz CT molecular complexity index is 387.